The monoisotopic (exact) mass is 132 g/mol. The molecule has 9 heavy (non-hydrogen) atoms. The number of hydrogen-bond donors (Lipinski definition) is 0. The summed E-state index contributed by atoms with van der Waals surface area (Å²) in [6.45, 7) is 2.14. The largest absolute Gasteiger partial charge is 0.337 e. The molecule has 0 aromatic heterocycles. The van der Waals surface area contributed by atoms with E-state index in [0.717, 1.165) is 12.8 Å². The third kappa shape index (κ3) is 2.31. The van der Waals surface area contributed by atoms with Crippen LogP contribution in [0.2, 0.25) is 0 Å². The number of ether oxygens (including phenoxy) is 1. The molecule has 0 saturated carbocycles. The van der Waals surface area contributed by atoms with Gasteiger partial charge in [0.05, 0.1) is 0 Å². The van der Waals surface area contributed by atoms with E-state index in [1.54, 1.807) is 0 Å². The highest BCUT2D eigenvalue weighted by molar-refractivity contribution is 4.74. The minimum absolute atomic E-state index is 0.0449. The van der Waals surface area contributed by atoms with Crippen molar-refractivity contribution in [2.45, 2.75) is 45.1 Å². The van der Waals surface area contributed by atoms with E-state index in [0.29, 0.717) is 0 Å². The van der Waals surface area contributed by atoms with E-state index >= 15 is 0 Å². The smallest absolute Gasteiger partial charge is 0.225 e. The van der Waals surface area contributed by atoms with Crippen LogP contribution in [0.5, 0.6) is 0 Å². The topological polar surface area (TPSA) is 12.5 Å². The molecule has 1 rings (SSSR count). The lowest BCUT2D eigenvalue weighted by Gasteiger charge is -1.90. The number of alkyl halides is 1. The van der Waals surface area contributed by atoms with Crippen LogP contribution in [-0.2, 0) is 4.74 Å². The Hall–Kier alpha value is -0.110. The van der Waals surface area contributed by atoms with Gasteiger partial charge in [-0.25, -0.2) is 4.39 Å². The Morgan fingerprint density at radius 2 is 2.11 bits per heavy atom. The molecule has 0 radical (unpaired) electrons. The van der Waals surface area contributed by atoms with Gasteiger partial charge in [-0.15, -0.1) is 0 Å². The second kappa shape index (κ2) is 3.16. The van der Waals surface area contributed by atoms with Crippen LogP contribution in [0.3, 0.4) is 0 Å². The Labute approximate surface area is 55.2 Å². The van der Waals surface area contributed by atoms with Gasteiger partial charge >= 0.3 is 0 Å². The van der Waals surface area contributed by atoms with Crippen LogP contribution in [-0.4, -0.2) is 12.5 Å². The molecule has 0 bridgehead atoms. The summed E-state index contributed by atoms with van der Waals surface area (Å²) >= 11 is 0. The van der Waals surface area contributed by atoms with Gasteiger partial charge in [0.1, 0.15) is 6.10 Å². The van der Waals surface area contributed by atoms with Gasteiger partial charge in [-0.3, -0.25) is 0 Å². The molecule has 0 aromatic carbocycles. The number of hydrogen-bond acceptors (Lipinski definition) is 1. The van der Waals surface area contributed by atoms with Crippen molar-refractivity contribution in [1.29, 1.82) is 0 Å². The first kappa shape index (κ1) is 7.00. The van der Waals surface area contributed by atoms with Crippen molar-refractivity contribution in [2.24, 2.45) is 0 Å². The van der Waals surface area contributed by atoms with Crippen LogP contribution in [0.25, 0.3) is 0 Å². The summed E-state index contributed by atoms with van der Waals surface area (Å²) in [6, 6.07) is 0. The number of epoxide rings is 1. The average molecular weight is 132 g/mol. The van der Waals surface area contributed by atoms with Crippen LogP contribution in [0, 0.1) is 0 Å². The highest BCUT2D eigenvalue weighted by Crippen LogP contribution is 2.27. The van der Waals surface area contributed by atoms with Crippen LogP contribution in [0.4, 0.5) is 4.39 Å². The van der Waals surface area contributed by atoms with Crippen molar-refractivity contribution in [3.05, 3.63) is 0 Å². The van der Waals surface area contributed by atoms with Crippen molar-refractivity contribution >= 4 is 0 Å². The van der Waals surface area contributed by atoms with Gasteiger partial charge in [0.15, 0.2) is 0 Å². The minimum atomic E-state index is -0.929. The molecule has 0 aliphatic carbocycles. The molecule has 0 N–H and O–H groups in total. The molecular formula is C7H13FO. The van der Waals surface area contributed by atoms with E-state index in [9.17, 15) is 4.39 Å². The fourth-order valence-corrected chi connectivity index (χ4v) is 0.916. The van der Waals surface area contributed by atoms with Crippen molar-refractivity contribution < 1.29 is 9.13 Å². The van der Waals surface area contributed by atoms with E-state index < -0.39 is 6.36 Å². The highest BCUT2D eigenvalue weighted by Gasteiger charge is 2.37. The molecule has 1 heterocycles. The minimum Gasteiger partial charge on any atom is -0.337 e. The molecule has 2 unspecified atom stereocenters. The van der Waals surface area contributed by atoms with Gasteiger partial charge < -0.3 is 4.74 Å². The predicted octanol–water partition coefficient (Wildman–Crippen LogP) is 2.26. The maximum Gasteiger partial charge on any atom is 0.225 e. The fraction of sp³-hybridized carbons (Fsp3) is 1.00. The van der Waals surface area contributed by atoms with Crippen LogP contribution < -0.4 is 0 Å². The number of rotatable bonds is 4. The van der Waals surface area contributed by atoms with Gasteiger partial charge in [0.25, 0.3) is 0 Å². The molecule has 0 amide bonds. The van der Waals surface area contributed by atoms with Crippen molar-refractivity contribution in [1.82, 2.24) is 0 Å². The predicted molar refractivity (Wildman–Crippen MR) is 33.9 cm³/mol. The van der Waals surface area contributed by atoms with Crippen molar-refractivity contribution in [3.63, 3.8) is 0 Å². The number of unbranched alkanes of at least 4 members (excludes halogenated alkanes) is 2. The maximum absolute atomic E-state index is 12.0. The van der Waals surface area contributed by atoms with Crippen LogP contribution in [0.1, 0.15) is 32.6 Å². The summed E-state index contributed by atoms with van der Waals surface area (Å²) in [4.78, 5) is 0. The van der Waals surface area contributed by atoms with E-state index in [1.807, 2.05) is 0 Å². The molecule has 1 saturated heterocycles. The fourth-order valence-electron chi connectivity index (χ4n) is 0.916. The summed E-state index contributed by atoms with van der Waals surface area (Å²) in [6.07, 6.45) is 3.45. The van der Waals surface area contributed by atoms with Gasteiger partial charge in [-0.05, 0) is 6.42 Å². The molecule has 54 valence electrons. The standard InChI is InChI=1S/C7H13FO/c1-2-3-4-5-6-7(8)9-6/h6-7H,2-5H2,1H3. The van der Waals surface area contributed by atoms with Gasteiger partial charge in [-0.1, -0.05) is 26.2 Å². The molecule has 0 aromatic rings. The number of halogens is 1. The second-order valence-electron chi connectivity index (χ2n) is 2.52. The Morgan fingerprint density at radius 3 is 2.56 bits per heavy atom. The first-order chi connectivity index (χ1) is 4.34. The van der Waals surface area contributed by atoms with Crippen LogP contribution in [0.15, 0.2) is 0 Å². The molecular weight excluding hydrogens is 119 g/mol. The van der Waals surface area contributed by atoms with E-state index in [-0.39, 0.29) is 6.10 Å². The maximum atomic E-state index is 12.0. The van der Waals surface area contributed by atoms with Gasteiger partial charge in [0, 0.05) is 0 Å². The summed E-state index contributed by atoms with van der Waals surface area (Å²) in [5, 5.41) is 0. The zero-order chi connectivity index (χ0) is 6.69. The molecule has 1 aliphatic rings. The lowest BCUT2D eigenvalue weighted by atomic mass is 10.2. The lowest BCUT2D eigenvalue weighted by Crippen LogP contribution is -1.87. The van der Waals surface area contributed by atoms with Gasteiger partial charge in [0.2, 0.25) is 6.36 Å². The van der Waals surface area contributed by atoms with Crippen molar-refractivity contribution in [2.75, 3.05) is 0 Å². The third-order valence-electron chi connectivity index (χ3n) is 1.61. The molecule has 1 fully saturated rings. The third-order valence-corrected chi connectivity index (χ3v) is 1.61. The van der Waals surface area contributed by atoms with Gasteiger partial charge in [-0.2, -0.15) is 0 Å². The molecule has 1 nitrogen and oxygen atoms in total. The summed E-state index contributed by atoms with van der Waals surface area (Å²) in [5.74, 6) is 0. The molecule has 0 spiro atoms. The van der Waals surface area contributed by atoms with Crippen LogP contribution >= 0.6 is 0 Å². The quantitative estimate of drug-likeness (QED) is 0.422. The zero-order valence-electron chi connectivity index (χ0n) is 5.77. The zero-order valence-corrected chi connectivity index (χ0v) is 5.77. The molecule has 2 atom stereocenters. The van der Waals surface area contributed by atoms with E-state index in [1.165, 1.54) is 12.8 Å². The first-order valence-corrected chi connectivity index (χ1v) is 3.64. The average Bonchev–Trinajstić information content (AvgIpc) is 2.48. The highest BCUT2D eigenvalue weighted by atomic mass is 19.2. The summed E-state index contributed by atoms with van der Waals surface area (Å²) in [5.41, 5.74) is 0. The SMILES string of the molecule is CCCCCC1OC1F. The second-order valence-corrected chi connectivity index (χ2v) is 2.52. The Morgan fingerprint density at radius 1 is 1.44 bits per heavy atom. The summed E-state index contributed by atoms with van der Waals surface area (Å²) in [7, 11) is 0. The van der Waals surface area contributed by atoms with E-state index in [4.69, 9.17) is 0 Å². The Balaban J connectivity index is 1.83. The Bertz CT molecular complexity index is 85.0. The molecule has 1 aliphatic heterocycles. The molecule has 2 heteroatoms. The summed E-state index contributed by atoms with van der Waals surface area (Å²) < 4.78 is 16.6. The Kier molecular flexibility index (Phi) is 2.46. The lowest BCUT2D eigenvalue weighted by molar-refractivity contribution is 0.263. The van der Waals surface area contributed by atoms with E-state index in [2.05, 4.69) is 11.7 Å². The normalized spacial score (nSPS) is 32.7. The van der Waals surface area contributed by atoms with Crippen molar-refractivity contribution in [3.8, 4) is 0 Å². The first-order valence-electron chi connectivity index (χ1n) is 3.64.